The van der Waals surface area contributed by atoms with Gasteiger partial charge in [0.1, 0.15) is 0 Å². The third-order valence-electron chi connectivity index (χ3n) is 7.63. The first-order valence-electron chi connectivity index (χ1n) is 10.9. The number of benzene rings is 1. The Morgan fingerprint density at radius 1 is 1.07 bits per heavy atom. The molecule has 1 aromatic carbocycles. The zero-order valence-corrected chi connectivity index (χ0v) is 17.7. The van der Waals surface area contributed by atoms with Gasteiger partial charge in [0.15, 0.2) is 0 Å². The molecule has 6 nitrogen and oxygen atoms in total. The van der Waals surface area contributed by atoms with Gasteiger partial charge < -0.3 is 20.0 Å². The summed E-state index contributed by atoms with van der Waals surface area (Å²) in [5.74, 6) is 2.65. The van der Waals surface area contributed by atoms with E-state index in [9.17, 15) is 9.59 Å². The molecule has 4 aliphatic rings. The van der Waals surface area contributed by atoms with Crippen LogP contribution in [-0.2, 0) is 9.59 Å². The molecule has 6 heteroatoms. The van der Waals surface area contributed by atoms with Gasteiger partial charge in [-0.2, -0.15) is 0 Å². The summed E-state index contributed by atoms with van der Waals surface area (Å²) in [6, 6.07) is 8.50. The number of piperidine rings is 1. The highest BCUT2D eigenvalue weighted by atomic mass is 16.2. The summed E-state index contributed by atoms with van der Waals surface area (Å²) in [6.45, 7) is 6.93. The van der Waals surface area contributed by atoms with E-state index >= 15 is 0 Å². The van der Waals surface area contributed by atoms with Crippen molar-refractivity contribution in [1.82, 2.24) is 20.0 Å². The van der Waals surface area contributed by atoms with Crippen LogP contribution in [0.2, 0.25) is 0 Å². The van der Waals surface area contributed by atoms with Gasteiger partial charge in [-0.3, -0.25) is 9.59 Å². The number of carbonyl (C=O) groups excluding carboxylic acids is 2. The lowest BCUT2D eigenvalue weighted by Gasteiger charge is -2.32. The Morgan fingerprint density at radius 2 is 1.79 bits per heavy atom. The summed E-state index contributed by atoms with van der Waals surface area (Å²) < 4.78 is 0. The van der Waals surface area contributed by atoms with Crippen LogP contribution < -0.4 is 5.32 Å². The molecule has 3 aliphatic heterocycles. The maximum absolute atomic E-state index is 13.1. The minimum absolute atomic E-state index is 0.0758. The molecular formula is C23H32N4O2. The molecule has 5 rings (SSSR count). The van der Waals surface area contributed by atoms with Gasteiger partial charge >= 0.3 is 0 Å². The van der Waals surface area contributed by atoms with Gasteiger partial charge in [-0.05, 0) is 57.1 Å². The molecule has 3 heterocycles. The second-order valence-corrected chi connectivity index (χ2v) is 9.76. The van der Waals surface area contributed by atoms with Gasteiger partial charge in [0.2, 0.25) is 11.8 Å². The number of amides is 2. The van der Waals surface area contributed by atoms with E-state index in [4.69, 9.17) is 0 Å². The number of likely N-dealkylation sites (N-methyl/N-ethyl adjacent to an activating group) is 1. The first-order valence-corrected chi connectivity index (χ1v) is 10.9. The number of carbonyl (C=O) groups is 2. The predicted octanol–water partition coefficient (Wildman–Crippen LogP) is 0.980. The van der Waals surface area contributed by atoms with E-state index in [2.05, 4.69) is 46.3 Å². The van der Waals surface area contributed by atoms with E-state index in [1.54, 1.807) is 0 Å². The summed E-state index contributed by atoms with van der Waals surface area (Å²) in [5, 5.41) is 3.39. The number of hydrogen-bond donors (Lipinski definition) is 1. The maximum Gasteiger partial charge on any atom is 0.237 e. The summed E-state index contributed by atoms with van der Waals surface area (Å²) >= 11 is 0. The zero-order valence-electron chi connectivity index (χ0n) is 17.7. The summed E-state index contributed by atoms with van der Waals surface area (Å²) in [7, 11) is 3.89. The predicted molar refractivity (Wildman–Crippen MR) is 111 cm³/mol. The Morgan fingerprint density at radius 3 is 2.48 bits per heavy atom. The lowest BCUT2D eigenvalue weighted by molar-refractivity contribution is -0.134. The molecule has 6 atom stereocenters. The van der Waals surface area contributed by atoms with Gasteiger partial charge in [0.25, 0.3) is 0 Å². The van der Waals surface area contributed by atoms with Crippen molar-refractivity contribution in [3.63, 3.8) is 0 Å². The van der Waals surface area contributed by atoms with Gasteiger partial charge in [0, 0.05) is 37.4 Å². The van der Waals surface area contributed by atoms with Crippen LogP contribution in [0.15, 0.2) is 24.3 Å². The van der Waals surface area contributed by atoms with Crippen LogP contribution in [0.1, 0.15) is 17.2 Å². The normalized spacial score (nSPS) is 35.2. The number of likely N-dealkylation sites (tertiary alicyclic amines) is 2. The molecule has 1 saturated carbocycles. The molecule has 0 aromatic heterocycles. The third kappa shape index (κ3) is 3.17. The highest BCUT2D eigenvalue weighted by molar-refractivity contribution is 5.83. The summed E-state index contributed by atoms with van der Waals surface area (Å²) in [6.07, 6.45) is 0. The van der Waals surface area contributed by atoms with Crippen molar-refractivity contribution in [3.8, 4) is 0 Å². The van der Waals surface area contributed by atoms with E-state index < -0.39 is 0 Å². The van der Waals surface area contributed by atoms with Crippen LogP contribution >= 0.6 is 0 Å². The number of hydrogen-bond acceptors (Lipinski definition) is 4. The molecule has 1 aromatic rings. The highest BCUT2D eigenvalue weighted by Gasteiger charge is 2.59. The van der Waals surface area contributed by atoms with E-state index in [1.807, 2.05) is 19.0 Å². The topological polar surface area (TPSA) is 55.9 Å². The number of rotatable bonds is 4. The maximum atomic E-state index is 13.1. The molecule has 1 N–H and O–H groups in total. The SMILES string of the molecule is Cc1ccccc1[C@H]1[C@@H]2CN(C(=O)C3[C@H]4CNC[C@@H]34)C[C@@H]2CN1C(=O)CN(C)C. The lowest BCUT2D eigenvalue weighted by Crippen LogP contribution is -2.41. The fourth-order valence-electron chi connectivity index (χ4n) is 6.16. The molecule has 0 spiro atoms. The highest BCUT2D eigenvalue weighted by Crippen LogP contribution is 2.52. The smallest absolute Gasteiger partial charge is 0.237 e. The minimum atomic E-state index is 0.0758. The molecule has 0 bridgehead atoms. The number of nitrogens with one attached hydrogen (secondary N) is 1. The Hall–Kier alpha value is -1.92. The van der Waals surface area contributed by atoms with Crippen LogP contribution in [0, 0.1) is 36.5 Å². The largest absolute Gasteiger partial charge is 0.342 e. The standard InChI is InChI=1S/C23H32N4O2/c1-14-6-4-5-7-16(14)22-19-12-26(23(29)21-17-8-24-9-18(17)21)10-15(19)11-27(22)20(28)13-25(2)3/h4-7,15,17-19,21-22,24H,8-13H2,1-3H3/t15-,17-,18+,19-,21?,22+/m1/s1. The van der Waals surface area contributed by atoms with E-state index in [-0.39, 0.29) is 17.9 Å². The molecule has 2 amide bonds. The lowest BCUT2D eigenvalue weighted by atomic mass is 9.87. The quantitative estimate of drug-likeness (QED) is 0.824. The Balaban J connectivity index is 1.37. The fraction of sp³-hybridized carbons (Fsp3) is 0.652. The van der Waals surface area contributed by atoms with E-state index in [0.717, 1.165) is 32.7 Å². The fourth-order valence-corrected chi connectivity index (χ4v) is 6.16. The monoisotopic (exact) mass is 396 g/mol. The molecule has 1 aliphatic carbocycles. The van der Waals surface area contributed by atoms with Crippen molar-refractivity contribution in [1.29, 1.82) is 0 Å². The number of aryl methyl sites for hydroxylation is 1. The molecule has 3 saturated heterocycles. The van der Waals surface area contributed by atoms with E-state index in [1.165, 1.54) is 11.1 Å². The number of nitrogens with zero attached hydrogens (tertiary/aromatic N) is 3. The number of fused-ring (bicyclic) bond motifs is 2. The zero-order chi connectivity index (χ0) is 20.3. The third-order valence-corrected chi connectivity index (χ3v) is 7.63. The second-order valence-electron chi connectivity index (χ2n) is 9.76. The Labute approximate surface area is 173 Å². The van der Waals surface area contributed by atoms with Crippen molar-refractivity contribution in [2.24, 2.45) is 29.6 Å². The van der Waals surface area contributed by atoms with Crippen molar-refractivity contribution in [2.75, 3.05) is 53.4 Å². The van der Waals surface area contributed by atoms with Gasteiger partial charge in [-0.25, -0.2) is 0 Å². The minimum Gasteiger partial charge on any atom is -0.342 e. The summed E-state index contributed by atoms with van der Waals surface area (Å²) in [4.78, 5) is 32.3. The van der Waals surface area contributed by atoms with Crippen LogP contribution in [0.4, 0.5) is 0 Å². The van der Waals surface area contributed by atoms with Crippen molar-refractivity contribution < 1.29 is 9.59 Å². The molecule has 1 unspecified atom stereocenters. The van der Waals surface area contributed by atoms with Crippen molar-refractivity contribution >= 4 is 11.8 Å². The van der Waals surface area contributed by atoms with Crippen molar-refractivity contribution in [3.05, 3.63) is 35.4 Å². The van der Waals surface area contributed by atoms with E-state index in [0.29, 0.717) is 36.1 Å². The van der Waals surface area contributed by atoms with Gasteiger partial charge in [0.05, 0.1) is 12.6 Å². The second kappa shape index (κ2) is 7.10. The molecule has 156 valence electrons. The van der Waals surface area contributed by atoms with Crippen LogP contribution in [0.25, 0.3) is 0 Å². The molecule has 29 heavy (non-hydrogen) atoms. The Bertz CT molecular complexity index is 815. The summed E-state index contributed by atoms with van der Waals surface area (Å²) in [5.41, 5.74) is 2.47. The van der Waals surface area contributed by atoms with Crippen LogP contribution in [0.3, 0.4) is 0 Å². The first kappa shape index (κ1) is 19.1. The molecular weight excluding hydrogens is 364 g/mol. The van der Waals surface area contributed by atoms with Gasteiger partial charge in [-0.15, -0.1) is 0 Å². The van der Waals surface area contributed by atoms with Crippen LogP contribution in [0.5, 0.6) is 0 Å². The molecule has 4 fully saturated rings. The van der Waals surface area contributed by atoms with Crippen molar-refractivity contribution in [2.45, 2.75) is 13.0 Å². The average Bonchev–Trinajstić information content (AvgIpc) is 3.05. The van der Waals surface area contributed by atoms with Gasteiger partial charge in [-0.1, -0.05) is 24.3 Å². The van der Waals surface area contributed by atoms with Crippen LogP contribution in [-0.4, -0.2) is 79.9 Å². The molecule has 0 radical (unpaired) electrons. The average molecular weight is 397 g/mol. The first-order chi connectivity index (χ1) is 14.0. The Kier molecular flexibility index (Phi) is 4.67.